The van der Waals surface area contributed by atoms with E-state index in [1.54, 1.807) is 37.4 Å². The Labute approximate surface area is 105 Å². The topological polar surface area (TPSA) is 42.4 Å². The number of aliphatic hydroxyl groups is 1. The third-order valence-corrected chi connectivity index (χ3v) is 2.56. The van der Waals surface area contributed by atoms with Crippen LogP contribution in [0.25, 0.3) is 0 Å². The van der Waals surface area contributed by atoms with E-state index in [-0.39, 0.29) is 0 Å². The zero-order chi connectivity index (χ0) is 12.3. The summed E-state index contributed by atoms with van der Waals surface area (Å²) in [5.41, 5.74) is 0.608. The van der Waals surface area contributed by atoms with E-state index >= 15 is 0 Å². The molecule has 4 heteroatoms. The Morgan fingerprint density at radius 3 is 2.59 bits per heavy atom. The van der Waals surface area contributed by atoms with E-state index < -0.39 is 6.10 Å². The molecule has 0 radical (unpaired) electrons. The second-order valence-electron chi connectivity index (χ2n) is 3.63. The number of aromatic nitrogens is 1. The van der Waals surface area contributed by atoms with E-state index in [1.807, 2.05) is 12.1 Å². The van der Waals surface area contributed by atoms with Crippen molar-refractivity contribution in [3.63, 3.8) is 0 Å². The predicted octanol–water partition coefficient (Wildman–Crippen LogP) is 3.58. The van der Waals surface area contributed by atoms with Gasteiger partial charge in [0.15, 0.2) is 0 Å². The quantitative estimate of drug-likeness (QED) is 0.904. The highest BCUT2D eigenvalue weighted by molar-refractivity contribution is 6.32. The van der Waals surface area contributed by atoms with Gasteiger partial charge < -0.3 is 9.84 Å². The number of para-hydroxylation sites is 1. The molecule has 1 heterocycles. The van der Waals surface area contributed by atoms with Gasteiger partial charge in [-0.3, -0.25) is 4.98 Å². The summed E-state index contributed by atoms with van der Waals surface area (Å²) in [6, 6.07) is 10.7. The van der Waals surface area contributed by atoms with Crippen molar-refractivity contribution in [2.24, 2.45) is 0 Å². The van der Waals surface area contributed by atoms with Crippen LogP contribution in [0.2, 0.25) is 5.02 Å². The summed E-state index contributed by atoms with van der Waals surface area (Å²) in [6.45, 7) is 1.66. The third-order valence-electron chi connectivity index (χ3n) is 2.25. The Morgan fingerprint density at radius 2 is 2.00 bits per heavy atom. The molecule has 0 unspecified atom stereocenters. The van der Waals surface area contributed by atoms with Gasteiger partial charge in [-0.25, -0.2) is 0 Å². The maximum absolute atomic E-state index is 9.32. The summed E-state index contributed by atoms with van der Waals surface area (Å²) in [4.78, 5) is 4.09. The summed E-state index contributed by atoms with van der Waals surface area (Å²) in [5.74, 6) is 1.17. The van der Waals surface area contributed by atoms with E-state index in [2.05, 4.69) is 4.98 Å². The minimum Gasteiger partial charge on any atom is -0.454 e. The van der Waals surface area contributed by atoms with Gasteiger partial charge in [0.05, 0.1) is 23.0 Å². The lowest BCUT2D eigenvalue weighted by atomic mass is 10.2. The molecule has 0 aliphatic heterocycles. The molecule has 3 nitrogen and oxygen atoms in total. The first-order valence-electron chi connectivity index (χ1n) is 5.23. The predicted molar refractivity (Wildman–Crippen MR) is 66.4 cm³/mol. The maximum Gasteiger partial charge on any atom is 0.146 e. The van der Waals surface area contributed by atoms with E-state index in [0.29, 0.717) is 22.2 Å². The highest BCUT2D eigenvalue weighted by Crippen LogP contribution is 2.28. The van der Waals surface area contributed by atoms with Crippen LogP contribution in [0.1, 0.15) is 18.7 Å². The van der Waals surface area contributed by atoms with Crippen LogP contribution < -0.4 is 4.74 Å². The van der Waals surface area contributed by atoms with Crippen LogP contribution in [-0.2, 0) is 0 Å². The van der Waals surface area contributed by atoms with Crippen LogP contribution >= 0.6 is 11.6 Å². The fourth-order valence-electron chi connectivity index (χ4n) is 1.35. The molecular formula is C13H12ClNO2. The van der Waals surface area contributed by atoms with Crippen LogP contribution in [0.5, 0.6) is 11.5 Å². The number of rotatable bonds is 3. The summed E-state index contributed by atoms with van der Waals surface area (Å²) in [5, 5.41) is 9.87. The van der Waals surface area contributed by atoms with Gasteiger partial charge in [-0.05, 0) is 31.2 Å². The van der Waals surface area contributed by atoms with E-state index in [9.17, 15) is 5.11 Å². The Bertz CT molecular complexity index is 497. The number of pyridine rings is 1. The highest BCUT2D eigenvalue weighted by atomic mass is 35.5. The Hall–Kier alpha value is -1.58. The molecule has 1 aromatic carbocycles. The number of hydrogen-bond acceptors (Lipinski definition) is 3. The lowest BCUT2D eigenvalue weighted by Gasteiger charge is -2.08. The Balaban J connectivity index is 2.17. The van der Waals surface area contributed by atoms with Crippen molar-refractivity contribution in [2.75, 3.05) is 0 Å². The standard InChI is InChI=1S/C13H12ClNO2/c1-9(16)12-7-6-10(8-15-12)17-13-5-3-2-4-11(13)14/h2-9,16H,1H3/t9-/m0/s1. The first-order valence-corrected chi connectivity index (χ1v) is 5.61. The molecule has 88 valence electrons. The first-order chi connectivity index (χ1) is 8.16. The average molecular weight is 250 g/mol. The molecule has 0 saturated heterocycles. The normalized spacial score (nSPS) is 12.2. The number of ether oxygens (including phenoxy) is 1. The number of benzene rings is 1. The molecule has 0 bridgehead atoms. The highest BCUT2D eigenvalue weighted by Gasteiger charge is 2.04. The summed E-state index contributed by atoms with van der Waals surface area (Å²) in [6.07, 6.45) is 0.982. The fourth-order valence-corrected chi connectivity index (χ4v) is 1.53. The van der Waals surface area contributed by atoms with Crippen molar-refractivity contribution in [3.05, 3.63) is 53.3 Å². The molecule has 1 N–H and O–H groups in total. The fraction of sp³-hybridized carbons (Fsp3) is 0.154. The lowest BCUT2D eigenvalue weighted by molar-refractivity contribution is 0.194. The average Bonchev–Trinajstić information content (AvgIpc) is 2.33. The number of halogens is 1. The van der Waals surface area contributed by atoms with Crippen LogP contribution in [0.15, 0.2) is 42.6 Å². The minimum absolute atomic E-state index is 0.548. The van der Waals surface area contributed by atoms with Crippen molar-refractivity contribution in [1.29, 1.82) is 0 Å². The van der Waals surface area contributed by atoms with Gasteiger partial charge in [0.2, 0.25) is 0 Å². The second kappa shape index (κ2) is 5.17. The summed E-state index contributed by atoms with van der Waals surface area (Å²) in [7, 11) is 0. The number of hydrogen-bond donors (Lipinski definition) is 1. The SMILES string of the molecule is C[C@H](O)c1ccc(Oc2ccccc2Cl)cn1. The molecule has 0 aliphatic carbocycles. The van der Waals surface area contributed by atoms with Crippen molar-refractivity contribution < 1.29 is 9.84 Å². The van der Waals surface area contributed by atoms with Crippen LogP contribution in [0.3, 0.4) is 0 Å². The number of nitrogens with zero attached hydrogens (tertiary/aromatic N) is 1. The van der Waals surface area contributed by atoms with Crippen molar-refractivity contribution >= 4 is 11.6 Å². The molecule has 0 fully saturated rings. The van der Waals surface area contributed by atoms with Gasteiger partial charge in [0.25, 0.3) is 0 Å². The molecule has 1 atom stereocenters. The lowest BCUT2D eigenvalue weighted by Crippen LogP contribution is -1.95. The van der Waals surface area contributed by atoms with Gasteiger partial charge >= 0.3 is 0 Å². The molecule has 0 saturated carbocycles. The minimum atomic E-state index is -0.579. The summed E-state index contributed by atoms with van der Waals surface area (Å²) >= 11 is 5.97. The Kier molecular flexibility index (Phi) is 3.61. The van der Waals surface area contributed by atoms with Crippen LogP contribution in [0, 0.1) is 0 Å². The van der Waals surface area contributed by atoms with Crippen molar-refractivity contribution in [3.8, 4) is 11.5 Å². The smallest absolute Gasteiger partial charge is 0.146 e. The zero-order valence-electron chi connectivity index (χ0n) is 9.30. The number of aliphatic hydroxyl groups excluding tert-OH is 1. The van der Waals surface area contributed by atoms with Crippen LogP contribution in [0.4, 0.5) is 0 Å². The molecule has 0 aliphatic rings. The van der Waals surface area contributed by atoms with Crippen molar-refractivity contribution in [2.45, 2.75) is 13.0 Å². The molecule has 0 spiro atoms. The molecule has 1 aromatic heterocycles. The molecule has 2 aromatic rings. The molecule has 17 heavy (non-hydrogen) atoms. The van der Waals surface area contributed by atoms with Crippen molar-refractivity contribution in [1.82, 2.24) is 4.98 Å². The van der Waals surface area contributed by atoms with E-state index in [0.717, 1.165) is 0 Å². The van der Waals surface area contributed by atoms with Gasteiger partial charge in [0.1, 0.15) is 11.5 Å². The van der Waals surface area contributed by atoms with E-state index in [1.165, 1.54) is 0 Å². The largest absolute Gasteiger partial charge is 0.454 e. The van der Waals surface area contributed by atoms with Gasteiger partial charge in [-0.1, -0.05) is 23.7 Å². The maximum atomic E-state index is 9.32. The van der Waals surface area contributed by atoms with E-state index in [4.69, 9.17) is 16.3 Å². The molecule has 0 amide bonds. The van der Waals surface area contributed by atoms with Crippen LogP contribution in [-0.4, -0.2) is 10.1 Å². The second-order valence-corrected chi connectivity index (χ2v) is 4.03. The monoisotopic (exact) mass is 249 g/mol. The first kappa shape index (κ1) is 11.9. The molecular weight excluding hydrogens is 238 g/mol. The van der Waals surface area contributed by atoms with Gasteiger partial charge in [0, 0.05) is 0 Å². The molecule has 2 rings (SSSR count). The third kappa shape index (κ3) is 2.96. The van der Waals surface area contributed by atoms with Gasteiger partial charge in [-0.15, -0.1) is 0 Å². The Morgan fingerprint density at radius 1 is 1.24 bits per heavy atom. The van der Waals surface area contributed by atoms with Gasteiger partial charge in [-0.2, -0.15) is 0 Å². The summed E-state index contributed by atoms with van der Waals surface area (Å²) < 4.78 is 5.57. The zero-order valence-corrected chi connectivity index (χ0v) is 10.1.